The van der Waals surface area contributed by atoms with Gasteiger partial charge in [0.25, 0.3) is 0 Å². The van der Waals surface area contributed by atoms with Gasteiger partial charge in [-0.15, -0.1) is 0 Å². The summed E-state index contributed by atoms with van der Waals surface area (Å²) in [6.07, 6.45) is -4.68. The van der Waals surface area contributed by atoms with E-state index in [0.29, 0.717) is 0 Å². The second-order valence-electron chi connectivity index (χ2n) is 3.55. The maximum atomic E-state index is 12.6. The molecule has 8 heteroatoms. The van der Waals surface area contributed by atoms with E-state index < -0.39 is 22.0 Å². The van der Waals surface area contributed by atoms with Gasteiger partial charge in [-0.1, -0.05) is 34.8 Å². The van der Waals surface area contributed by atoms with Crippen molar-refractivity contribution in [1.82, 2.24) is 4.98 Å². The van der Waals surface area contributed by atoms with E-state index in [1.807, 2.05) is 0 Å². The molecule has 1 aromatic heterocycles. The lowest BCUT2D eigenvalue weighted by molar-refractivity contribution is -0.141. The van der Waals surface area contributed by atoms with Crippen LogP contribution in [-0.2, 0) is 6.18 Å². The number of hydrogen-bond donors (Lipinski definition) is 1. The summed E-state index contributed by atoms with van der Waals surface area (Å²) in [5.74, 6) is 0. The van der Waals surface area contributed by atoms with Gasteiger partial charge in [-0.25, -0.2) is 4.98 Å². The predicted molar refractivity (Wildman–Crippen MR) is 63.0 cm³/mol. The Hall–Kier alpha value is -0.390. The van der Waals surface area contributed by atoms with Crippen LogP contribution in [0.15, 0.2) is 0 Å². The molecule has 1 aromatic rings. The number of nitrogens with zero attached hydrogens (tertiary/aromatic N) is 1. The summed E-state index contributed by atoms with van der Waals surface area (Å²) in [5.41, 5.74) is -1.31. The van der Waals surface area contributed by atoms with Crippen LogP contribution in [0.3, 0.4) is 0 Å². The first-order chi connectivity index (χ1) is 7.64. The minimum atomic E-state index is -4.68. The van der Waals surface area contributed by atoms with Gasteiger partial charge in [0.15, 0.2) is 10.8 Å². The van der Waals surface area contributed by atoms with Crippen molar-refractivity contribution in [2.75, 3.05) is 5.32 Å². The lowest BCUT2D eigenvalue weighted by atomic mass is 10.2. The van der Waals surface area contributed by atoms with E-state index in [4.69, 9.17) is 34.8 Å². The van der Waals surface area contributed by atoms with Crippen molar-refractivity contribution < 1.29 is 13.2 Å². The van der Waals surface area contributed by atoms with Crippen LogP contribution in [0.5, 0.6) is 0 Å². The minimum absolute atomic E-state index is 0.0596. The fourth-order valence-electron chi connectivity index (χ4n) is 1.12. The van der Waals surface area contributed by atoms with Gasteiger partial charge < -0.3 is 5.32 Å². The van der Waals surface area contributed by atoms with Gasteiger partial charge in [0, 0.05) is 6.04 Å². The number of halogens is 6. The van der Waals surface area contributed by atoms with Gasteiger partial charge >= 0.3 is 6.18 Å². The Bertz CT molecular complexity index is 432. The van der Waals surface area contributed by atoms with Crippen LogP contribution in [0.4, 0.5) is 18.9 Å². The van der Waals surface area contributed by atoms with Crippen LogP contribution in [0.2, 0.25) is 15.2 Å². The Labute approximate surface area is 111 Å². The van der Waals surface area contributed by atoms with E-state index in [0.717, 1.165) is 0 Å². The van der Waals surface area contributed by atoms with Crippen molar-refractivity contribution in [3.05, 3.63) is 20.9 Å². The number of nitrogens with one attached hydrogen (secondary N) is 1. The molecule has 0 aliphatic heterocycles. The molecule has 0 aliphatic rings. The average molecular weight is 308 g/mol. The third-order valence-electron chi connectivity index (χ3n) is 1.74. The van der Waals surface area contributed by atoms with Gasteiger partial charge in [-0.05, 0) is 13.8 Å². The molecule has 2 nitrogen and oxygen atoms in total. The summed E-state index contributed by atoms with van der Waals surface area (Å²) in [6, 6.07) is -0.149. The SMILES string of the molecule is CC(C)Nc1c(Cl)c(Cl)nc(C(F)(F)F)c1Cl. The quantitative estimate of drug-likeness (QED) is 0.788. The normalized spacial score (nSPS) is 12.1. The zero-order valence-corrected chi connectivity index (χ0v) is 11.1. The number of aromatic nitrogens is 1. The molecule has 0 fully saturated rings. The largest absolute Gasteiger partial charge is 0.434 e. The Kier molecular flexibility index (Phi) is 4.38. The molecule has 0 unspecified atom stereocenters. The fourth-order valence-corrected chi connectivity index (χ4v) is 1.83. The molecule has 0 amide bonds. The summed E-state index contributed by atoms with van der Waals surface area (Å²) in [4.78, 5) is 3.15. The maximum absolute atomic E-state index is 12.6. The number of hydrogen-bond acceptors (Lipinski definition) is 2. The number of pyridine rings is 1. The first kappa shape index (κ1) is 14.7. The highest BCUT2D eigenvalue weighted by Crippen LogP contribution is 2.43. The Morgan fingerprint density at radius 3 is 2.06 bits per heavy atom. The second-order valence-corrected chi connectivity index (χ2v) is 4.66. The summed E-state index contributed by atoms with van der Waals surface area (Å²) < 4.78 is 37.8. The van der Waals surface area contributed by atoms with E-state index in [2.05, 4.69) is 10.3 Å². The number of alkyl halides is 3. The monoisotopic (exact) mass is 306 g/mol. The van der Waals surface area contributed by atoms with Crippen molar-refractivity contribution in [3.63, 3.8) is 0 Å². The summed E-state index contributed by atoms with van der Waals surface area (Å²) in [6.45, 7) is 3.46. The highest BCUT2D eigenvalue weighted by Gasteiger charge is 2.37. The highest BCUT2D eigenvalue weighted by atomic mass is 35.5. The van der Waals surface area contributed by atoms with E-state index in [-0.39, 0.29) is 16.8 Å². The topological polar surface area (TPSA) is 24.9 Å². The molecule has 17 heavy (non-hydrogen) atoms. The second kappa shape index (κ2) is 5.08. The predicted octanol–water partition coefficient (Wildman–Crippen LogP) is 4.88. The van der Waals surface area contributed by atoms with Gasteiger partial charge in [0.2, 0.25) is 0 Å². The van der Waals surface area contributed by atoms with Crippen LogP contribution < -0.4 is 5.32 Å². The third-order valence-corrected chi connectivity index (χ3v) is 2.85. The van der Waals surface area contributed by atoms with Gasteiger partial charge in [-0.2, -0.15) is 13.2 Å². The maximum Gasteiger partial charge on any atom is 0.434 e. The molecule has 1 rings (SSSR count). The molecule has 96 valence electrons. The molecule has 0 radical (unpaired) electrons. The molecule has 0 spiro atoms. The van der Waals surface area contributed by atoms with Gasteiger partial charge in [0.05, 0.1) is 10.7 Å². The van der Waals surface area contributed by atoms with Crippen molar-refractivity contribution >= 4 is 40.5 Å². The Morgan fingerprint density at radius 1 is 1.12 bits per heavy atom. The van der Waals surface area contributed by atoms with Crippen LogP contribution in [-0.4, -0.2) is 11.0 Å². The third kappa shape index (κ3) is 3.30. The summed E-state index contributed by atoms with van der Waals surface area (Å²) in [5, 5.41) is 1.56. The van der Waals surface area contributed by atoms with E-state index >= 15 is 0 Å². The van der Waals surface area contributed by atoms with Crippen molar-refractivity contribution in [3.8, 4) is 0 Å². The Morgan fingerprint density at radius 2 is 1.65 bits per heavy atom. The summed E-state index contributed by atoms with van der Waals surface area (Å²) >= 11 is 16.9. The Balaban J connectivity index is 3.43. The molecule has 0 saturated heterocycles. The van der Waals surface area contributed by atoms with Gasteiger partial charge in [0.1, 0.15) is 5.02 Å². The molecule has 0 atom stereocenters. The van der Waals surface area contributed by atoms with E-state index in [9.17, 15) is 13.2 Å². The molecule has 1 N–H and O–H groups in total. The van der Waals surface area contributed by atoms with Gasteiger partial charge in [-0.3, -0.25) is 0 Å². The standard InChI is InChI=1S/C9H8Cl3F3N2/c1-3(2)16-6-4(10)7(9(13,14)15)17-8(12)5(6)11/h3H,1-2H3,(H,16,17). The summed E-state index contributed by atoms with van der Waals surface area (Å²) in [7, 11) is 0. The first-order valence-corrected chi connectivity index (χ1v) is 5.66. The zero-order valence-electron chi connectivity index (χ0n) is 8.79. The molecule has 1 heterocycles. The fraction of sp³-hybridized carbons (Fsp3) is 0.444. The average Bonchev–Trinajstić information content (AvgIpc) is 2.16. The molecular weight excluding hydrogens is 299 g/mol. The lowest BCUT2D eigenvalue weighted by Gasteiger charge is -2.17. The minimum Gasteiger partial charge on any atom is -0.380 e. The van der Waals surface area contributed by atoms with Crippen LogP contribution in [0.25, 0.3) is 0 Å². The highest BCUT2D eigenvalue weighted by molar-refractivity contribution is 6.45. The molecule has 0 saturated carbocycles. The molecule has 0 aromatic carbocycles. The van der Waals surface area contributed by atoms with Crippen molar-refractivity contribution in [2.24, 2.45) is 0 Å². The molecular formula is C9H8Cl3F3N2. The first-order valence-electron chi connectivity index (χ1n) is 4.52. The lowest BCUT2D eigenvalue weighted by Crippen LogP contribution is -2.15. The smallest absolute Gasteiger partial charge is 0.380 e. The van der Waals surface area contributed by atoms with Crippen LogP contribution in [0, 0.1) is 0 Å². The zero-order chi connectivity index (χ0) is 13.4. The van der Waals surface area contributed by atoms with Crippen LogP contribution >= 0.6 is 34.8 Å². The van der Waals surface area contributed by atoms with Crippen molar-refractivity contribution in [1.29, 1.82) is 0 Å². The van der Waals surface area contributed by atoms with E-state index in [1.54, 1.807) is 13.8 Å². The number of anilines is 1. The molecule has 0 bridgehead atoms. The van der Waals surface area contributed by atoms with E-state index in [1.165, 1.54) is 0 Å². The number of rotatable bonds is 2. The van der Waals surface area contributed by atoms with Crippen LogP contribution in [0.1, 0.15) is 19.5 Å². The molecule has 0 aliphatic carbocycles. The van der Waals surface area contributed by atoms with Crippen molar-refractivity contribution in [2.45, 2.75) is 26.1 Å².